The molecule has 0 saturated carbocycles. The third-order valence-corrected chi connectivity index (χ3v) is 2.82. The van der Waals surface area contributed by atoms with Crippen molar-refractivity contribution in [1.29, 1.82) is 0 Å². The number of benzene rings is 1. The normalized spacial score (nSPS) is 16.7. The van der Waals surface area contributed by atoms with E-state index in [4.69, 9.17) is 10.5 Å². The standard InChI is InChI=1S/C12H16N2O3/c13-8-1-2-10(11(15)7-8)12(16)14-9-3-5-17-6-4-9/h1-2,7,9,15H,3-6,13H2,(H,14,16). The first-order chi connectivity index (χ1) is 8.16. The summed E-state index contributed by atoms with van der Waals surface area (Å²) >= 11 is 0. The van der Waals surface area contributed by atoms with Gasteiger partial charge in [0.2, 0.25) is 0 Å². The molecule has 0 aromatic heterocycles. The van der Waals surface area contributed by atoms with Crippen LogP contribution in [0.2, 0.25) is 0 Å². The molecule has 5 nitrogen and oxygen atoms in total. The van der Waals surface area contributed by atoms with E-state index in [1.165, 1.54) is 12.1 Å². The molecule has 0 radical (unpaired) electrons. The van der Waals surface area contributed by atoms with Crippen molar-refractivity contribution >= 4 is 11.6 Å². The number of amides is 1. The van der Waals surface area contributed by atoms with Crippen LogP contribution in [0.3, 0.4) is 0 Å². The van der Waals surface area contributed by atoms with Crippen molar-refractivity contribution in [2.45, 2.75) is 18.9 Å². The fraction of sp³-hybridized carbons (Fsp3) is 0.417. The number of phenolic OH excluding ortho intramolecular Hbond substituents is 1. The minimum Gasteiger partial charge on any atom is -0.507 e. The van der Waals surface area contributed by atoms with Gasteiger partial charge in [0.25, 0.3) is 5.91 Å². The van der Waals surface area contributed by atoms with Crippen LogP contribution in [-0.4, -0.2) is 30.3 Å². The Hall–Kier alpha value is -1.75. The van der Waals surface area contributed by atoms with Crippen LogP contribution < -0.4 is 11.1 Å². The van der Waals surface area contributed by atoms with Crippen molar-refractivity contribution in [3.63, 3.8) is 0 Å². The lowest BCUT2D eigenvalue weighted by atomic mass is 10.1. The Morgan fingerprint density at radius 1 is 1.41 bits per heavy atom. The highest BCUT2D eigenvalue weighted by Gasteiger charge is 2.18. The van der Waals surface area contributed by atoms with E-state index < -0.39 is 0 Å². The van der Waals surface area contributed by atoms with E-state index in [1.807, 2.05) is 0 Å². The summed E-state index contributed by atoms with van der Waals surface area (Å²) in [5, 5.41) is 12.5. The largest absolute Gasteiger partial charge is 0.507 e. The summed E-state index contributed by atoms with van der Waals surface area (Å²) in [6.07, 6.45) is 1.61. The molecule has 1 aromatic carbocycles. The lowest BCUT2D eigenvalue weighted by Gasteiger charge is -2.23. The second-order valence-electron chi connectivity index (χ2n) is 4.14. The molecule has 1 amide bonds. The molecule has 1 aliphatic heterocycles. The summed E-state index contributed by atoms with van der Waals surface area (Å²) in [5.41, 5.74) is 6.19. The Kier molecular flexibility index (Phi) is 3.49. The molecule has 0 aliphatic carbocycles. The van der Waals surface area contributed by atoms with E-state index in [1.54, 1.807) is 6.07 Å². The van der Waals surface area contributed by atoms with E-state index >= 15 is 0 Å². The molecule has 92 valence electrons. The molecule has 0 atom stereocenters. The van der Waals surface area contributed by atoms with Crippen LogP contribution in [0.5, 0.6) is 5.75 Å². The van der Waals surface area contributed by atoms with Crippen molar-refractivity contribution in [1.82, 2.24) is 5.32 Å². The molecule has 1 aromatic rings. The molecule has 17 heavy (non-hydrogen) atoms. The quantitative estimate of drug-likeness (QED) is 0.665. The van der Waals surface area contributed by atoms with E-state index in [2.05, 4.69) is 5.32 Å². The van der Waals surface area contributed by atoms with E-state index in [0.717, 1.165) is 12.8 Å². The third kappa shape index (κ3) is 2.88. The molecule has 1 saturated heterocycles. The molecule has 2 rings (SSSR count). The van der Waals surface area contributed by atoms with Crippen LogP contribution in [0, 0.1) is 0 Å². The zero-order valence-electron chi connectivity index (χ0n) is 9.48. The molecular weight excluding hydrogens is 220 g/mol. The second kappa shape index (κ2) is 5.05. The molecule has 0 bridgehead atoms. The van der Waals surface area contributed by atoms with Gasteiger partial charge in [-0.2, -0.15) is 0 Å². The number of nitrogens with one attached hydrogen (secondary N) is 1. The highest BCUT2D eigenvalue weighted by Crippen LogP contribution is 2.20. The molecule has 4 N–H and O–H groups in total. The smallest absolute Gasteiger partial charge is 0.255 e. The number of rotatable bonds is 2. The van der Waals surface area contributed by atoms with Crippen LogP contribution >= 0.6 is 0 Å². The molecule has 0 spiro atoms. The van der Waals surface area contributed by atoms with Gasteiger partial charge >= 0.3 is 0 Å². The minimum absolute atomic E-state index is 0.0884. The predicted molar refractivity (Wildman–Crippen MR) is 63.8 cm³/mol. The first-order valence-corrected chi connectivity index (χ1v) is 5.64. The van der Waals surface area contributed by atoms with Gasteiger partial charge in [0, 0.05) is 31.0 Å². The summed E-state index contributed by atoms with van der Waals surface area (Å²) in [7, 11) is 0. The number of nitrogens with two attached hydrogens (primary N) is 1. The Balaban J connectivity index is 2.03. The molecule has 0 unspecified atom stereocenters. The van der Waals surface area contributed by atoms with Crippen LogP contribution in [0.25, 0.3) is 0 Å². The van der Waals surface area contributed by atoms with Gasteiger partial charge in [-0.25, -0.2) is 0 Å². The summed E-state index contributed by atoms with van der Waals surface area (Å²) in [5.74, 6) is -0.357. The average Bonchev–Trinajstić information content (AvgIpc) is 2.30. The number of ether oxygens (including phenoxy) is 1. The van der Waals surface area contributed by atoms with Crippen molar-refractivity contribution in [3.05, 3.63) is 23.8 Å². The average molecular weight is 236 g/mol. The Morgan fingerprint density at radius 2 is 2.12 bits per heavy atom. The topological polar surface area (TPSA) is 84.6 Å². The Labute approximate surface area is 99.6 Å². The molecular formula is C12H16N2O3. The van der Waals surface area contributed by atoms with Crippen LogP contribution in [0.1, 0.15) is 23.2 Å². The van der Waals surface area contributed by atoms with Gasteiger partial charge in [-0.3, -0.25) is 4.79 Å². The zero-order chi connectivity index (χ0) is 12.3. The Morgan fingerprint density at radius 3 is 2.76 bits per heavy atom. The monoisotopic (exact) mass is 236 g/mol. The van der Waals surface area contributed by atoms with Crippen LogP contribution in [0.15, 0.2) is 18.2 Å². The number of phenols is 1. The molecule has 1 fully saturated rings. The zero-order valence-corrected chi connectivity index (χ0v) is 9.48. The first kappa shape index (κ1) is 11.7. The van der Waals surface area contributed by atoms with E-state index in [-0.39, 0.29) is 23.3 Å². The van der Waals surface area contributed by atoms with Gasteiger partial charge in [0.15, 0.2) is 0 Å². The highest BCUT2D eigenvalue weighted by atomic mass is 16.5. The van der Waals surface area contributed by atoms with Gasteiger partial charge in [0.05, 0.1) is 5.56 Å². The fourth-order valence-electron chi connectivity index (χ4n) is 1.85. The highest BCUT2D eigenvalue weighted by molar-refractivity contribution is 5.97. The third-order valence-electron chi connectivity index (χ3n) is 2.82. The summed E-state index contributed by atoms with van der Waals surface area (Å²) < 4.78 is 5.21. The SMILES string of the molecule is Nc1ccc(C(=O)NC2CCOCC2)c(O)c1. The van der Waals surface area contributed by atoms with Gasteiger partial charge in [0.1, 0.15) is 5.75 Å². The maximum atomic E-state index is 11.9. The molecule has 1 heterocycles. The minimum atomic E-state index is -0.269. The van der Waals surface area contributed by atoms with Crippen molar-refractivity contribution in [2.75, 3.05) is 18.9 Å². The lowest BCUT2D eigenvalue weighted by molar-refractivity contribution is 0.0695. The van der Waals surface area contributed by atoms with E-state index in [9.17, 15) is 9.90 Å². The van der Waals surface area contributed by atoms with Crippen molar-refractivity contribution < 1.29 is 14.6 Å². The molecule has 1 aliphatic rings. The van der Waals surface area contributed by atoms with Crippen LogP contribution in [0.4, 0.5) is 5.69 Å². The number of hydrogen-bond acceptors (Lipinski definition) is 4. The maximum absolute atomic E-state index is 11.9. The number of carbonyl (C=O) groups excluding carboxylic acids is 1. The lowest BCUT2D eigenvalue weighted by Crippen LogP contribution is -2.38. The number of carbonyl (C=O) groups is 1. The number of aromatic hydroxyl groups is 1. The maximum Gasteiger partial charge on any atom is 0.255 e. The summed E-state index contributed by atoms with van der Waals surface area (Å²) in [6, 6.07) is 4.62. The fourth-order valence-corrected chi connectivity index (χ4v) is 1.85. The van der Waals surface area contributed by atoms with Crippen molar-refractivity contribution in [2.24, 2.45) is 0 Å². The number of anilines is 1. The first-order valence-electron chi connectivity index (χ1n) is 5.64. The number of nitrogen functional groups attached to an aromatic ring is 1. The second-order valence-corrected chi connectivity index (χ2v) is 4.14. The van der Waals surface area contributed by atoms with Crippen LogP contribution in [-0.2, 0) is 4.74 Å². The van der Waals surface area contributed by atoms with Gasteiger partial charge in [-0.05, 0) is 25.0 Å². The predicted octanol–water partition coefficient (Wildman–Crippen LogP) is 0.883. The van der Waals surface area contributed by atoms with Gasteiger partial charge in [-0.15, -0.1) is 0 Å². The molecule has 5 heteroatoms. The Bertz CT molecular complexity index is 414. The van der Waals surface area contributed by atoms with E-state index in [0.29, 0.717) is 18.9 Å². The van der Waals surface area contributed by atoms with Crippen molar-refractivity contribution in [3.8, 4) is 5.75 Å². The van der Waals surface area contributed by atoms with Gasteiger partial charge in [-0.1, -0.05) is 0 Å². The summed E-state index contributed by atoms with van der Waals surface area (Å²) in [4.78, 5) is 11.9. The summed E-state index contributed by atoms with van der Waals surface area (Å²) in [6.45, 7) is 1.33. The van der Waals surface area contributed by atoms with Gasteiger partial charge < -0.3 is 20.9 Å². The number of hydrogen-bond donors (Lipinski definition) is 3.